The molecule has 1 aliphatic rings. The van der Waals surface area contributed by atoms with Gasteiger partial charge in [0.05, 0.1) is 0 Å². The summed E-state index contributed by atoms with van der Waals surface area (Å²) in [6.07, 6.45) is 3.11. The van der Waals surface area contributed by atoms with Crippen LogP contribution in [0.5, 0.6) is 0 Å². The van der Waals surface area contributed by atoms with Crippen LogP contribution in [0.25, 0.3) is 0 Å². The summed E-state index contributed by atoms with van der Waals surface area (Å²) in [5, 5.41) is 5.98. The van der Waals surface area contributed by atoms with Gasteiger partial charge in [0.1, 0.15) is 6.04 Å². The van der Waals surface area contributed by atoms with Gasteiger partial charge in [0.25, 0.3) is 0 Å². The highest BCUT2D eigenvalue weighted by molar-refractivity contribution is 5.88. The first-order valence-corrected chi connectivity index (χ1v) is 7.57. The molecule has 0 aromatic carbocycles. The maximum atomic E-state index is 12.3. The topological polar surface area (TPSA) is 61.4 Å². The summed E-state index contributed by atoms with van der Waals surface area (Å²) >= 11 is 0. The number of nitrogens with zero attached hydrogens (tertiary/aromatic N) is 1. The molecule has 1 heterocycles. The summed E-state index contributed by atoms with van der Waals surface area (Å²) < 4.78 is 0. The molecule has 1 rings (SSSR count). The van der Waals surface area contributed by atoms with Crippen molar-refractivity contribution in [3.63, 3.8) is 0 Å². The smallest absolute Gasteiger partial charge is 0.242 e. The number of rotatable bonds is 6. The van der Waals surface area contributed by atoms with Gasteiger partial charge in [0.15, 0.2) is 0 Å². The van der Waals surface area contributed by atoms with Crippen LogP contribution < -0.4 is 10.6 Å². The second-order valence-corrected chi connectivity index (χ2v) is 6.73. The van der Waals surface area contributed by atoms with Crippen LogP contribution in [0.15, 0.2) is 0 Å². The normalized spacial score (nSPS) is 18.3. The summed E-state index contributed by atoms with van der Waals surface area (Å²) in [4.78, 5) is 26.2. The van der Waals surface area contributed by atoms with Crippen molar-refractivity contribution in [2.24, 2.45) is 5.41 Å². The Bertz CT molecular complexity index is 342. The monoisotopic (exact) mass is 319 g/mol. The molecule has 0 spiro atoms. The van der Waals surface area contributed by atoms with Gasteiger partial charge in [-0.05, 0) is 38.3 Å². The molecule has 0 aliphatic carbocycles. The molecule has 21 heavy (non-hydrogen) atoms. The SMILES string of the molecule is CNCCCNC(=O)C1CCCN1C(=O)CC(C)(C)C.Cl. The molecule has 0 aromatic rings. The van der Waals surface area contributed by atoms with Gasteiger partial charge in [-0.25, -0.2) is 0 Å². The van der Waals surface area contributed by atoms with Crippen molar-refractivity contribution in [2.45, 2.75) is 52.5 Å². The Morgan fingerprint density at radius 2 is 1.90 bits per heavy atom. The molecule has 6 heteroatoms. The quantitative estimate of drug-likeness (QED) is 0.730. The summed E-state index contributed by atoms with van der Waals surface area (Å²) in [5.41, 5.74) is -0.0342. The van der Waals surface area contributed by atoms with Gasteiger partial charge < -0.3 is 15.5 Å². The molecule has 0 saturated carbocycles. The lowest BCUT2D eigenvalue weighted by Crippen LogP contribution is -2.47. The van der Waals surface area contributed by atoms with Crippen LogP contribution >= 0.6 is 12.4 Å². The Morgan fingerprint density at radius 1 is 1.24 bits per heavy atom. The van der Waals surface area contributed by atoms with E-state index in [1.807, 2.05) is 27.8 Å². The van der Waals surface area contributed by atoms with E-state index in [1.54, 1.807) is 4.90 Å². The van der Waals surface area contributed by atoms with Crippen molar-refractivity contribution in [3.05, 3.63) is 0 Å². The van der Waals surface area contributed by atoms with E-state index < -0.39 is 0 Å². The number of carbonyl (C=O) groups is 2. The molecule has 2 N–H and O–H groups in total. The van der Waals surface area contributed by atoms with Crippen LogP contribution in [0.4, 0.5) is 0 Å². The number of likely N-dealkylation sites (tertiary alicyclic amines) is 1. The Balaban J connectivity index is 0.00000400. The predicted octanol–water partition coefficient (Wildman–Crippen LogP) is 1.56. The first-order valence-electron chi connectivity index (χ1n) is 7.57. The minimum atomic E-state index is -0.264. The van der Waals surface area contributed by atoms with Gasteiger partial charge in [0, 0.05) is 19.5 Å². The second kappa shape index (κ2) is 9.26. The average Bonchev–Trinajstić information content (AvgIpc) is 2.81. The van der Waals surface area contributed by atoms with Gasteiger partial charge >= 0.3 is 0 Å². The summed E-state index contributed by atoms with van der Waals surface area (Å²) in [6.45, 7) is 8.41. The Morgan fingerprint density at radius 3 is 2.48 bits per heavy atom. The van der Waals surface area contributed by atoms with E-state index in [2.05, 4.69) is 10.6 Å². The molecular weight excluding hydrogens is 290 g/mol. The van der Waals surface area contributed by atoms with Gasteiger partial charge in [0.2, 0.25) is 11.8 Å². The van der Waals surface area contributed by atoms with Crippen LogP contribution in [0.3, 0.4) is 0 Å². The summed E-state index contributed by atoms with van der Waals surface area (Å²) in [7, 11) is 1.89. The number of hydrogen-bond acceptors (Lipinski definition) is 3. The standard InChI is InChI=1S/C15H29N3O2.ClH/c1-15(2,3)11-13(19)18-10-5-7-12(18)14(20)17-9-6-8-16-4;/h12,16H,5-11H2,1-4H3,(H,17,20);1H. The van der Waals surface area contributed by atoms with Crippen molar-refractivity contribution in [2.75, 3.05) is 26.7 Å². The van der Waals surface area contributed by atoms with E-state index in [4.69, 9.17) is 0 Å². The van der Waals surface area contributed by atoms with Crippen LogP contribution in [0.2, 0.25) is 0 Å². The van der Waals surface area contributed by atoms with E-state index in [1.165, 1.54) is 0 Å². The highest BCUT2D eigenvalue weighted by atomic mass is 35.5. The van der Waals surface area contributed by atoms with Crippen molar-refractivity contribution in [1.82, 2.24) is 15.5 Å². The molecule has 1 unspecified atom stereocenters. The lowest BCUT2D eigenvalue weighted by atomic mass is 9.91. The maximum Gasteiger partial charge on any atom is 0.242 e. The van der Waals surface area contributed by atoms with E-state index in [9.17, 15) is 9.59 Å². The van der Waals surface area contributed by atoms with Gasteiger partial charge in [-0.1, -0.05) is 20.8 Å². The maximum absolute atomic E-state index is 12.3. The molecule has 0 aromatic heterocycles. The Labute approximate surface area is 134 Å². The molecule has 0 bridgehead atoms. The van der Waals surface area contributed by atoms with Crippen molar-refractivity contribution >= 4 is 24.2 Å². The van der Waals surface area contributed by atoms with E-state index in [0.29, 0.717) is 19.5 Å². The molecule has 1 fully saturated rings. The van der Waals surface area contributed by atoms with Gasteiger partial charge in [-0.3, -0.25) is 9.59 Å². The lowest BCUT2D eigenvalue weighted by Gasteiger charge is -2.27. The largest absolute Gasteiger partial charge is 0.354 e. The highest BCUT2D eigenvalue weighted by Crippen LogP contribution is 2.24. The van der Waals surface area contributed by atoms with Crippen LogP contribution in [-0.2, 0) is 9.59 Å². The fourth-order valence-corrected chi connectivity index (χ4v) is 2.49. The Hall–Kier alpha value is -0.810. The van der Waals surface area contributed by atoms with Gasteiger partial charge in [-0.15, -0.1) is 12.4 Å². The molecule has 1 saturated heterocycles. The summed E-state index contributed by atoms with van der Waals surface area (Å²) in [6, 6.07) is -0.264. The molecule has 1 aliphatic heterocycles. The predicted molar refractivity (Wildman–Crippen MR) is 87.6 cm³/mol. The minimum Gasteiger partial charge on any atom is -0.354 e. The van der Waals surface area contributed by atoms with Crippen molar-refractivity contribution in [3.8, 4) is 0 Å². The molecular formula is C15H30ClN3O2. The van der Waals surface area contributed by atoms with Crippen LogP contribution in [0.1, 0.15) is 46.5 Å². The third-order valence-corrected chi connectivity index (χ3v) is 3.46. The Kier molecular flexibility index (Phi) is 8.90. The van der Waals surface area contributed by atoms with Crippen LogP contribution in [-0.4, -0.2) is 49.4 Å². The van der Waals surface area contributed by atoms with E-state index >= 15 is 0 Å². The number of nitrogens with one attached hydrogen (secondary N) is 2. The fraction of sp³-hybridized carbons (Fsp3) is 0.867. The number of hydrogen-bond donors (Lipinski definition) is 2. The molecule has 2 amide bonds. The summed E-state index contributed by atoms with van der Waals surface area (Å²) in [5.74, 6) is 0.103. The van der Waals surface area contributed by atoms with E-state index in [-0.39, 0.29) is 35.7 Å². The minimum absolute atomic E-state index is 0. The average molecular weight is 320 g/mol. The third-order valence-electron chi connectivity index (χ3n) is 3.46. The van der Waals surface area contributed by atoms with E-state index in [0.717, 1.165) is 25.8 Å². The zero-order chi connectivity index (χ0) is 15.2. The van der Waals surface area contributed by atoms with Crippen molar-refractivity contribution < 1.29 is 9.59 Å². The number of halogens is 1. The van der Waals surface area contributed by atoms with Gasteiger partial charge in [-0.2, -0.15) is 0 Å². The second-order valence-electron chi connectivity index (χ2n) is 6.73. The zero-order valence-electron chi connectivity index (χ0n) is 13.7. The first kappa shape index (κ1) is 20.2. The number of amides is 2. The number of carbonyl (C=O) groups excluding carboxylic acids is 2. The zero-order valence-corrected chi connectivity index (χ0v) is 14.5. The van der Waals surface area contributed by atoms with Crippen LogP contribution in [0, 0.1) is 5.41 Å². The fourth-order valence-electron chi connectivity index (χ4n) is 2.49. The first-order chi connectivity index (χ1) is 9.35. The molecule has 1 atom stereocenters. The highest BCUT2D eigenvalue weighted by Gasteiger charge is 2.34. The third kappa shape index (κ3) is 7.14. The lowest BCUT2D eigenvalue weighted by molar-refractivity contribution is -0.139. The molecule has 5 nitrogen and oxygen atoms in total. The molecule has 124 valence electrons. The van der Waals surface area contributed by atoms with Crippen molar-refractivity contribution in [1.29, 1.82) is 0 Å². The molecule has 0 radical (unpaired) electrons.